The van der Waals surface area contributed by atoms with Gasteiger partial charge in [-0.05, 0) is 25.0 Å². The summed E-state index contributed by atoms with van der Waals surface area (Å²) in [6, 6.07) is 9.47. The topological polar surface area (TPSA) is 46.5 Å². The minimum absolute atomic E-state index is 0.0685. The van der Waals surface area contributed by atoms with E-state index in [0.29, 0.717) is 19.3 Å². The Morgan fingerprint density at radius 1 is 1.39 bits per heavy atom. The summed E-state index contributed by atoms with van der Waals surface area (Å²) < 4.78 is 5.78. The summed E-state index contributed by atoms with van der Waals surface area (Å²) in [6.45, 7) is 7.20. The fraction of sp³-hybridized carbons (Fsp3) is 0.267. The number of benzene rings is 1. The van der Waals surface area contributed by atoms with E-state index in [0.717, 1.165) is 5.75 Å². The van der Waals surface area contributed by atoms with Gasteiger partial charge in [0.05, 0.1) is 0 Å². The Kier molecular flexibility index (Phi) is 5.71. The summed E-state index contributed by atoms with van der Waals surface area (Å²) in [5, 5.41) is 8.75. The van der Waals surface area contributed by atoms with Gasteiger partial charge in [0.1, 0.15) is 11.9 Å². The Labute approximate surface area is 107 Å². The third-order valence-electron chi connectivity index (χ3n) is 2.55. The van der Waals surface area contributed by atoms with E-state index in [1.54, 1.807) is 6.08 Å². The van der Waals surface area contributed by atoms with Gasteiger partial charge in [-0.2, -0.15) is 0 Å². The minimum Gasteiger partial charge on any atom is -0.490 e. The third-order valence-corrected chi connectivity index (χ3v) is 2.55. The van der Waals surface area contributed by atoms with Crippen molar-refractivity contribution < 1.29 is 14.6 Å². The molecule has 0 bridgehead atoms. The highest BCUT2D eigenvalue weighted by Crippen LogP contribution is 2.17. The molecule has 1 atom stereocenters. The van der Waals surface area contributed by atoms with Crippen LogP contribution in [-0.4, -0.2) is 17.2 Å². The summed E-state index contributed by atoms with van der Waals surface area (Å²) >= 11 is 0. The molecule has 0 radical (unpaired) electrons. The number of para-hydroxylation sites is 1. The van der Waals surface area contributed by atoms with Gasteiger partial charge in [0.15, 0.2) is 0 Å². The van der Waals surface area contributed by atoms with E-state index in [-0.39, 0.29) is 11.7 Å². The second-order valence-corrected chi connectivity index (χ2v) is 4.02. The molecule has 0 aliphatic carbocycles. The van der Waals surface area contributed by atoms with Crippen molar-refractivity contribution in [2.75, 3.05) is 0 Å². The summed E-state index contributed by atoms with van der Waals surface area (Å²) in [7, 11) is 0. The number of hydrogen-bond acceptors (Lipinski definition) is 2. The number of aliphatic carboxylic acids is 1. The van der Waals surface area contributed by atoms with Crippen LogP contribution in [0.15, 0.2) is 55.1 Å². The highest BCUT2D eigenvalue weighted by atomic mass is 16.5. The lowest BCUT2D eigenvalue weighted by Crippen LogP contribution is -2.16. The van der Waals surface area contributed by atoms with E-state index in [9.17, 15) is 4.79 Å². The van der Waals surface area contributed by atoms with Crippen LogP contribution >= 0.6 is 0 Å². The van der Waals surface area contributed by atoms with Crippen LogP contribution in [0.2, 0.25) is 0 Å². The first-order valence-corrected chi connectivity index (χ1v) is 5.87. The van der Waals surface area contributed by atoms with Crippen LogP contribution in [0.25, 0.3) is 0 Å². The molecule has 1 unspecified atom stereocenters. The molecule has 0 saturated carbocycles. The van der Waals surface area contributed by atoms with Gasteiger partial charge in [-0.3, -0.25) is 0 Å². The first-order chi connectivity index (χ1) is 8.63. The maximum absolute atomic E-state index is 10.7. The van der Waals surface area contributed by atoms with Crippen molar-refractivity contribution in [2.24, 2.45) is 0 Å². The number of carboxylic acid groups (broad SMARTS) is 1. The van der Waals surface area contributed by atoms with E-state index in [2.05, 4.69) is 13.2 Å². The largest absolute Gasteiger partial charge is 0.490 e. The molecule has 0 aromatic heterocycles. The van der Waals surface area contributed by atoms with Gasteiger partial charge < -0.3 is 9.84 Å². The number of rotatable bonds is 8. The van der Waals surface area contributed by atoms with Crippen LogP contribution in [-0.2, 0) is 4.79 Å². The van der Waals surface area contributed by atoms with Crippen molar-refractivity contribution in [3.63, 3.8) is 0 Å². The predicted octanol–water partition coefficient (Wildman–Crippen LogP) is 3.43. The van der Waals surface area contributed by atoms with Gasteiger partial charge in [0, 0.05) is 12.0 Å². The van der Waals surface area contributed by atoms with Gasteiger partial charge in [0.2, 0.25) is 0 Å². The SMILES string of the molecule is C=CCC(CCC(=C)C(=O)O)Oc1ccccc1. The molecular weight excluding hydrogens is 228 g/mol. The Balaban J connectivity index is 2.52. The molecule has 18 heavy (non-hydrogen) atoms. The van der Waals surface area contributed by atoms with Crippen LogP contribution < -0.4 is 4.74 Å². The van der Waals surface area contributed by atoms with E-state index in [1.165, 1.54) is 0 Å². The molecule has 1 N–H and O–H groups in total. The van der Waals surface area contributed by atoms with Crippen molar-refractivity contribution in [3.05, 3.63) is 55.1 Å². The van der Waals surface area contributed by atoms with Crippen molar-refractivity contribution in [1.29, 1.82) is 0 Å². The zero-order valence-electron chi connectivity index (χ0n) is 10.3. The first kappa shape index (κ1) is 14.0. The monoisotopic (exact) mass is 246 g/mol. The maximum Gasteiger partial charge on any atom is 0.330 e. The molecule has 3 heteroatoms. The molecule has 96 valence electrons. The molecule has 0 fully saturated rings. The molecule has 0 aliphatic heterocycles. The Morgan fingerprint density at radius 3 is 2.61 bits per heavy atom. The minimum atomic E-state index is -0.952. The van der Waals surface area contributed by atoms with Crippen molar-refractivity contribution in [3.8, 4) is 5.75 Å². The number of ether oxygens (including phenoxy) is 1. The van der Waals surface area contributed by atoms with Gasteiger partial charge in [-0.25, -0.2) is 4.79 Å². The highest BCUT2D eigenvalue weighted by Gasteiger charge is 2.12. The molecule has 0 heterocycles. The fourth-order valence-electron chi connectivity index (χ4n) is 1.54. The summed E-state index contributed by atoms with van der Waals surface area (Å²) in [5.74, 6) is -0.169. The van der Waals surface area contributed by atoms with Gasteiger partial charge in [-0.15, -0.1) is 6.58 Å². The number of carbonyl (C=O) groups is 1. The standard InChI is InChI=1S/C15H18O3/c1-3-7-13(11-10-12(2)15(16)17)18-14-8-5-4-6-9-14/h3-6,8-9,13H,1-2,7,10-11H2,(H,16,17). The van der Waals surface area contributed by atoms with Crippen LogP contribution in [0.1, 0.15) is 19.3 Å². The predicted molar refractivity (Wildman–Crippen MR) is 71.7 cm³/mol. The van der Waals surface area contributed by atoms with E-state index in [1.807, 2.05) is 30.3 Å². The molecule has 1 aromatic carbocycles. The molecule has 3 nitrogen and oxygen atoms in total. The van der Waals surface area contributed by atoms with Crippen molar-refractivity contribution in [2.45, 2.75) is 25.4 Å². The van der Waals surface area contributed by atoms with E-state index in [4.69, 9.17) is 9.84 Å². The molecular formula is C15H18O3. The second-order valence-electron chi connectivity index (χ2n) is 4.02. The fourth-order valence-corrected chi connectivity index (χ4v) is 1.54. The first-order valence-electron chi connectivity index (χ1n) is 5.87. The zero-order valence-corrected chi connectivity index (χ0v) is 10.3. The Hall–Kier alpha value is -2.03. The summed E-state index contributed by atoms with van der Waals surface area (Å²) in [4.78, 5) is 10.7. The van der Waals surface area contributed by atoms with Gasteiger partial charge in [0.25, 0.3) is 0 Å². The number of hydrogen-bond donors (Lipinski definition) is 1. The lowest BCUT2D eigenvalue weighted by atomic mass is 10.1. The van der Waals surface area contributed by atoms with Crippen molar-refractivity contribution >= 4 is 5.97 Å². The molecule has 0 saturated heterocycles. The molecule has 0 amide bonds. The normalized spacial score (nSPS) is 11.6. The van der Waals surface area contributed by atoms with Crippen LogP contribution in [0.5, 0.6) is 5.75 Å². The Morgan fingerprint density at radius 2 is 2.06 bits per heavy atom. The van der Waals surface area contributed by atoms with Crippen LogP contribution in [0.4, 0.5) is 0 Å². The second kappa shape index (κ2) is 7.33. The lowest BCUT2D eigenvalue weighted by molar-refractivity contribution is -0.132. The van der Waals surface area contributed by atoms with Crippen molar-refractivity contribution in [1.82, 2.24) is 0 Å². The summed E-state index contributed by atoms with van der Waals surface area (Å²) in [5.41, 5.74) is 0.209. The quantitative estimate of drug-likeness (QED) is 0.564. The Bertz CT molecular complexity index is 409. The smallest absolute Gasteiger partial charge is 0.330 e. The van der Waals surface area contributed by atoms with Gasteiger partial charge in [-0.1, -0.05) is 30.9 Å². The third kappa shape index (κ3) is 4.87. The molecule has 1 aromatic rings. The average Bonchev–Trinajstić information content (AvgIpc) is 2.37. The molecule has 0 spiro atoms. The lowest BCUT2D eigenvalue weighted by Gasteiger charge is -2.17. The zero-order chi connectivity index (χ0) is 13.4. The van der Waals surface area contributed by atoms with Crippen LogP contribution in [0.3, 0.4) is 0 Å². The van der Waals surface area contributed by atoms with E-state index < -0.39 is 5.97 Å². The number of carboxylic acids is 1. The van der Waals surface area contributed by atoms with Crippen LogP contribution in [0, 0.1) is 0 Å². The highest BCUT2D eigenvalue weighted by molar-refractivity contribution is 5.85. The molecule has 0 aliphatic rings. The molecule has 1 rings (SSSR count). The van der Waals surface area contributed by atoms with E-state index >= 15 is 0 Å². The summed E-state index contributed by atoms with van der Waals surface area (Å²) in [6.07, 6.45) is 3.42. The average molecular weight is 246 g/mol. The maximum atomic E-state index is 10.7. The van der Waals surface area contributed by atoms with Gasteiger partial charge >= 0.3 is 5.97 Å².